The van der Waals surface area contributed by atoms with Gasteiger partial charge in [0.2, 0.25) is 5.91 Å². The monoisotopic (exact) mass is 407 g/mol. The fourth-order valence-electron chi connectivity index (χ4n) is 3.74. The maximum atomic E-state index is 13.4. The van der Waals surface area contributed by atoms with Crippen molar-refractivity contribution in [2.24, 2.45) is 5.41 Å². The van der Waals surface area contributed by atoms with Gasteiger partial charge in [0, 0.05) is 16.7 Å². The fourth-order valence-corrected chi connectivity index (χ4v) is 4.00. The van der Waals surface area contributed by atoms with E-state index in [-0.39, 0.29) is 23.8 Å². The molecule has 132 valence electrons. The Morgan fingerprint density at radius 1 is 1.12 bits per heavy atom. The Kier molecular flexibility index (Phi) is 5.23. The second-order valence-electron chi connectivity index (χ2n) is 6.50. The van der Waals surface area contributed by atoms with Crippen LogP contribution in [0.5, 0.6) is 0 Å². The van der Waals surface area contributed by atoms with Gasteiger partial charge >= 0.3 is 0 Å². The van der Waals surface area contributed by atoms with Crippen LogP contribution in [-0.2, 0) is 17.6 Å². The average molecular weight is 408 g/mol. The van der Waals surface area contributed by atoms with E-state index >= 15 is 0 Å². The highest BCUT2D eigenvalue weighted by atomic mass is 79.9. The highest BCUT2D eigenvalue weighted by Gasteiger charge is 2.50. The number of nitrogens with zero attached hydrogens (tertiary/aromatic N) is 1. The minimum absolute atomic E-state index is 0.173. The quantitative estimate of drug-likeness (QED) is 0.644. The van der Waals surface area contributed by atoms with Crippen LogP contribution in [0.25, 0.3) is 0 Å². The molecule has 1 fully saturated rings. The van der Waals surface area contributed by atoms with Crippen molar-refractivity contribution in [1.29, 1.82) is 0 Å². The summed E-state index contributed by atoms with van der Waals surface area (Å²) in [7, 11) is 0. The average Bonchev–Trinajstić information content (AvgIpc) is 3.10. The molecule has 2 aliphatic rings. The van der Waals surface area contributed by atoms with Crippen LogP contribution < -0.4 is 4.90 Å². The van der Waals surface area contributed by atoms with Crippen LogP contribution in [0.3, 0.4) is 0 Å². The number of halogens is 3. The third-order valence-corrected chi connectivity index (χ3v) is 5.41. The molecule has 1 aliphatic carbocycles. The van der Waals surface area contributed by atoms with Gasteiger partial charge in [-0.25, -0.2) is 4.39 Å². The molecule has 2 aromatic rings. The minimum Gasteiger partial charge on any atom is -0.312 e. The van der Waals surface area contributed by atoms with E-state index in [0.29, 0.717) is 6.42 Å². The third-order valence-electron chi connectivity index (χ3n) is 4.88. The van der Waals surface area contributed by atoms with Gasteiger partial charge in [0.05, 0.1) is 12.1 Å². The SMILES string of the molecule is CCF.O=C1N(c2ccc(Br)cc2)CCC12Cc1ccc(F)cc1C2. The standard InChI is InChI=1S/C18H15BrFNO.C2H5F/c19-14-2-5-16(6-3-14)21-8-7-18(17(21)22)10-12-1-4-15(20)9-13(12)11-18;1-2-3/h1-6,9H,7-8,10-11H2;2H2,1H3. The highest BCUT2D eigenvalue weighted by Crippen LogP contribution is 2.46. The van der Waals surface area contributed by atoms with E-state index in [1.54, 1.807) is 6.07 Å². The second-order valence-corrected chi connectivity index (χ2v) is 7.41. The van der Waals surface area contributed by atoms with Gasteiger partial charge in [-0.05, 0) is 73.7 Å². The lowest BCUT2D eigenvalue weighted by Gasteiger charge is -2.22. The van der Waals surface area contributed by atoms with Gasteiger partial charge in [0.25, 0.3) is 0 Å². The molecule has 1 heterocycles. The van der Waals surface area contributed by atoms with E-state index in [0.717, 1.165) is 40.7 Å². The molecule has 0 N–H and O–H groups in total. The molecule has 5 heteroatoms. The lowest BCUT2D eigenvalue weighted by atomic mass is 9.83. The molecule has 0 saturated carbocycles. The zero-order chi connectivity index (χ0) is 18.0. The van der Waals surface area contributed by atoms with E-state index < -0.39 is 0 Å². The Bertz CT molecular complexity index is 778. The molecule has 2 aromatic carbocycles. The molecule has 0 bridgehead atoms. The first-order valence-electron chi connectivity index (χ1n) is 8.40. The molecule has 25 heavy (non-hydrogen) atoms. The summed E-state index contributed by atoms with van der Waals surface area (Å²) in [6.07, 6.45) is 2.22. The molecule has 4 rings (SSSR count). The number of rotatable bonds is 1. The van der Waals surface area contributed by atoms with Gasteiger partial charge in [-0.15, -0.1) is 0 Å². The number of hydrogen-bond donors (Lipinski definition) is 0. The first-order valence-corrected chi connectivity index (χ1v) is 9.19. The molecule has 1 aliphatic heterocycles. The molecule has 1 saturated heterocycles. The van der Waals surface area contributed by atoms with Crippen molar-refractivity contribution in [3.05, 3.63) is 63.9 Å². The molecule has 0 radical (unpaired) electrons. The topological polar surface area (TPSA) is 20.3 Å². The first kappa shape index (κ1) is 18.1. The van der Waals surface area contributed by atoms with Gasteiger partial charge in [0.1, 0.15) is 5.82 Å². The summed E-state index contributed by atoms with van der Waals surface area (Å²) in [4.78, 5) is 14.9. The van der Waals surface area contributed by atoms with Crippen molar-refractivity contribution >= 4 is 27.5 Å². The van der Waals surface area contributed by atoms with E-state index in [1.165, 1.54) is 13.0 Å². The summed E-state index contributed by atoms with van der Waals surface area (Å²) in [5.41, 5.74) is 2.68. The summed E-state index contributed by atoms with van der Waals surface area (Å²) in [5, 5.41) is 0. The normalized spacial score (nSPS) is 21.3. The van der Waals surface area contributed by atoms with Crippen molar-refractivity contribution in [3.8, 4) is 0 Å². The van der Waals surface area contributed by atoms with Crippen LogP contribution in [0, 0.1) is 11.2 Å². The molecule has 0 aromatic heterocycles. The Labute approximate surface area is 155 Å². The Morgan fingerprint density at radius 3 is 2.44 bits per heavy atom. The second kappa shape index (κ2) is 7.24. The number of anilines is 1. The maximum absolute atomic E-state index is 13.4. The van der Waals surface area contributed by atoms with Crippen LogP contribution in [0.4, 0.5) is 14.5 Å². The van der Waals surface area contributed by atoms with Crippen molar-refractivity contribution < 1.29 is 13.6 Å². The van der Waals surface area contributed by atoms with Gasteiger partial charge in [0.15, 0.2) is 0 Å². The van der Waals surface area contributed by atoms with Gasteiger partial charge in [-0.1, -0.05) is 22.0 Å². The largest absolute Gasteiger partial charge is 0.312 e. The van der Waals surface area contributed by atoms with E-state index in [4.69, 9.17) is 0 Å². The Hall–Kier alpha value is -1.75. The summed E-state index contributed by atoms with van der Waals surface area (Å²) < 4.78 is 24.7. The predicted molar refractivity (Wildman–Crippen MR) is 99.0 cm³/mol. The van der Waals surface area contributed by atoms with Gasteiger partial charge in [-0.2, -0.15) is 0 Å². The van der Waals surface area contributed by atoms with E-state index in [1.807, 2.05) is 35.2 Å². The predicted octanol–water partition coefficient (Wildman–Crippen LogP) is 5.09. The maximum Gasteiger partial charge on any atom is 0.233 e. The zero-order valence-corrected chi connectivity index (χ0v) is 15.7. The van der Waals surface area contributed by atoms with Crippen LogP contribution in [0.2, 0.25) is 0 Å². The number of fused-ring (bicyclic) bond motifs is 1. The summed E-state index contributed by atoms with van der Waals surface area (Å²) in [6, 6.07) is 12.7. The molecule has 1 spiro atoms. The molecular weight excluding hydrogens is 388 g/mol. The number of hydrogen-bond acceptors (Lipinski definition) is 1. The van der Waals surface area contributed by atoms with Crippen LogP contribution in [0.1, 0.15) is 24.5 Å². The zero-order valence-electron chi connectivity index (χ0n) is 14.1. The Morgan fingerprint density at radius 2 is 1.76 bits per heavy atom. The highest BCUT2D eigenvalue weighted by molar-refractivity contribution is 9.10. The lowest BCUT2D eigenvalue weighted by molar-refractivity contribution is -0.125. The number of amides is 1. The summed E-state index contributed by atoms with van der Waals surface area (Å²) in [6.45, 7) is 1.94. The van der Waals surface area contributed by atoms with Crippen LogP contribution in [0.15, 0.2) is 46.9 Å². The van der Waals surface area contributed by atoms with Gasteiger partial charge < -0.3 is 4.90 Å². The number of benzene rings is 2. The number of carbonyl (C=O) groups excluding carboxylic acids is 1. The van der Waals surface area contributed by atoms with Crippen LogP contribution in [-0.4, -0.2) is 19.1 Å². The number of carbonyl (C=O) groups is 1. The number of alkyl halides is 1. The van der Waals surface area contributed by atoms with Crippen molar-refractivity contribution in [2.75, 3.05) is 18.1 Å². The van der Waals surface area contributed by atoms with E-state index in [2.05, 4.69) is 15.9 Å². The van der Waals surface area contributed by atoms with Crippen molar-refractivity contribution in [3.63, 3.8) is 0 Å². The lowest BCUT2D eigenvalue weighted by Crippen LogP contribution is -2.35. The molecular formula is C20H20BrF2NO. The molecule has 1 amide bonds. The van der Waals surface area contributed by atoms with Crippen molar-refractivity contribution in [1.82, 2.24) is 0 Å². The minimum atomic E-state index is -0.372. The summed E-state index contributed by atoms with van der Waals surface area (Å²) >= 11 is 3.42. The first-order chi connectivity index (χ1) is 12.0. The van der Waals surface area contributed by atoms with Gasteiger partial charge in [-0.3, -0.25) is 9.18 Å². The molecule has 1 unspecified atom stereocenters. The Balaban J connectivity index is 0.000000569. The molecule has 2 nitrogen and oxygen atoms in total. The van der Waals surface area contributed by atoms with E-state index in [9.17, 15) is 13.6 Å². The smallest absolute Gasteiger partial charge is 0.233 e. The molecule has 1 atom stereocenters. The fraction of sp³-hybridized carbons (Fsp3) is 0.350. The third kappa shape index (κ3) is 3.47. The summed E-state index contributed by atoms with van der Waals surface area (Å²) in [5.74, 6) is -0.0440. The van der Waals surface area contributed by atoms with Crippen LogP contribution >= 0.6 is 15.9 Å². The van der Waals surface area contributed by atoms with Crippen molar-refractivity contribution in [2.45, 2.75) is 26.2 Å².